The lowest BCUT2D eigenvalue weighted by molar-refractivity contribution is -0.130. The normalized spacial score (nSPS) is 14.0. The Bertz CT molecular complexity index is 839. The predicted molar refractivity (Wildman–Crippen MR) is 102 cm³/mol. The van der Waals surface area contributed by atoms with Crippen molar-refractivity contribution in [2.24, 2.45) is 0 Å². The van der Waals surface area contributed by atoms with E-state index in [4.69, 9.17) is 21.1 Å². The van der Waals surface area contributed by atoms with Crippen LogP contribution in [0, 0.1) is 0 Å². The number of rotatable bonds is 4. The topological polar surface area (TPSA) is 67.9 Å². The zero-order valence-electron chi connectivity index (χ0n) is 15.2. The third-order valence-electron chi connectivity index (χ3n) is 4.16. The molecule has 0 fully saturated rings. The molecular formula is C20H21ClN2O4. The molecule has 0 saturated heterocycles. The second-order valence-electron chi connectivity index (χ2n) is 6.39. The van der Waals surface area contributed by atoms with E-state index < -0.39 is 11.9 Å². The van der Waals surface area contributed by atoms with E-state index in [0.717, 1.165) is 6.42 Å². The van der Waals surface area contributed by atoms with E-state index in [2.05, 4.69) is 5.32 Å². The summed E-state index contributed by atoms with van der Waals surface area (Å²) in [5, 5.41) is 3.10. The van der Waals surface area contributed by atoms with Gasteiger partial charge in [0.15, 0.2) is 11.5 Å². The van der Waals surface area contributed by atoms with Gasteiger partial charge in [0.05, 0.1) is 18.2 Å². The van der Waals surface area contributed by atoms with Crippen LogP contribution in [0.2, 0.25) is 5.02 Å². The average molecular weight is 389 g/mol. The van der Waals surface area contributed by atoms with Crippen LogP contribution >= 0.6 is 11.6 Å². The zero-order chi connectivity index (χ0) is 19.4. The molecule has 2 aromatic carbocycles. The van der Waals surface area contributed by atoms with Gasteiger partial charge in [-0.1, -0.05) is 41.9 Å². The Morgan fingerprint density at radius 3 is 2.52 bits per heavy atom. The molecule has 1 aliphatic heterocycles. The number of fused-ring (bicyclic) bond motifs is 1. The monoisotopic (exact) mass is 388 g/mol. The highest BCUT2D eigenvalue weighted by molar-refractivity contribution is 6.32. The number of ether oxygens (including phenoxy) is 2. The first-order chi connectivity index (χ1) is 13.0. The predicted octanol–water partition coefficient (Wildman–Crippen LogP) is 3.06. The van der Waals surface area contributed by atoms with Gasteiger partial charge in [-0.2, -0.15) is 0 Å². The molecule has 0 spiro atoms. The first kappa shape index (κ1) is 19.0. The van der Waals surface area contributed by atoms with Crippen LogP contribution in [0.3, 0.4) is 0 Å². The highest BCUT2D eigenvalue weighted by atomic mass is 35.5. The minimum Gasteiger partial charge on any atom is -0.489 e. The maximum absolute atomic E-state index is 12.8. The highest BCUT2D eigenvalue weighted by Gasteiger charge is 2.26. The molecule has 0 unspecified atom stereocenters. The molecule has 2 amide bonds. The van der Waals surface area contributed by atoms with Crippen molar-refractivity contribution < 1.29 is 19.1 Å². The summed E-state index contributed by atoms with van der Waals surface area (Å²) in [7, 11) is 3.30. The van der Waals surface area contributed by atoms with Crippen LogP contribution in [-0.2, 0) is 4.79 Å². The second-order valence-corrected chi connectivity index (χ2v) is 6.79. The minimum atomic E-state index is -0.802. The summed E-state index contributed by atoms with van der Waals surface area (Å²) in [6.07, 6.45) is 0.736. The Kier molecular flexibility index (Phi) is 5.86. The molecule has 1 aliphatic rings. The van der Waals surface area contributed by atoms with Crippen LogP contribution in [-0.4, -0.2) is 44.0 Å². The van der Waals surface area contributed by atoms with Crippen molar-refractivity contribution >= 4 is 23.4 Å². The summed E-state index contributed by atoms with van der Waals surface area (Å²) in [5.74, 6) is 0.224. The van der Waals surface area contributed by atoms with Gasteiger partial charge in [-0.05, 0) is 17.7 Å². The standard InChI is InChI=1S/C20H21ClN2O4/c1-23(2)20(25)17(13-7-4-3-5-8-13)22-19(24)14-11-15(21)18-16(12-14)26-9-6-10-27-18/h3-5,7-8,11-12,17H,6,9-10H2,1-2H3,(H,22,24)/t17-/m1/s1. The fraction of sp³-hybridized carbons (Fsp3) is 0.300. The Hall–Kier alpha value is -2.73. The maximum atomic E-state index is 12.8. The summed E-state index contributed by atoms with van der Waals surface area (Å²) in [5.41, 5.74) is 1.00. The number of amides is 2. The first-order valence-electron chi connectivity index (χ1n) is 8.63. The van der Waals surface area contributed by atoms with Gasteiger partial charge in [-0.25, -0.2) is 0 Å². The molecule has 6 nitrogen and oxygen atoms in total. The molecule has 1 atom stereocenters. The lowest BCUT2D eigenvalue weighted by Crippen LogP contribution is -2.39. The van der Waals surface area contributed by atoms with Gasteiger partial charge >= 0.3 is 0 Å². The number of nitrogens with one attached hydrogen (secondary N) is 1. The second kappa shape index (κ2) is 8.31. The summed E-state index contributed by atoms with van der Waals surface area (Å²) >= 11 is 6.27. The molecule has 0 saturated carbocycles. The number of carbonyl (C=O) groups is 2. The summed E-state index contributed by atoms with van der Waals surface area (Å²) in [6, 6.07) is 11.4. The zero-order valence-corrected chi connectivity index (χ0v) is 16.0. The van der Waals surface area contributed by atoms with E-state index >= 15 is 0 Å². The first-order valence-corrected chi connectivity index (χ1v) is 9.01. The Morgan fingerprint density at radius 2 is 1.81 bits per heavy atom. The molecule has 3 rings (SSSR count). The molecule has 0 radical (unpaired) electrons. The van der Waals surface area contributed by atoms with Crippen molar-refractivity contribution in [1.82, 2.24) is 10.2 Å². The molecule has 0 bridgehead atoms. The molecule has 1 heterocycles. The molecule has 1 N–H and O–H groups in total. The number of hydrogen-bond acceptors (Lipinski definition) is 4. The molecule has 7 heteroatoms. The summed E-state index contributed by atoms with van der Waals surface area (Å²) in [6.45, 7) is 0.992. The van der Waals surface area contributed by atoms with Crippen molar-refractivity contribution in [2.45, 2.75) is 12.5 Å². The average Bonchev–Trinajstić information content (AvgIpc) is 2.92. The fourth-order valence-electron chi connectivity index (χ4n) is 2.77. The molecule has 0 aliphatic carbocycles. The van der Waals surface area contributed by atoms with E-state index in [0.29, 0.717) is 40.9 Å². The van der Waals surface area contributed by atoms with Gasteiger partial charge < -0.3 is 19.7 Å². The summed E-state index contributed by atoms with van der Waals surface area (Å²) in [4.78, 5) is 26.9. The van der Waals surface area contributed by atoms with Gasteiger partial charge in [0.2, 0.25) is 5.91 Å². The smallest absolute Gasteiger partial charge is 0.252 e. The number of halogens is 1. The van der Waals surface area contributed by atoms with Crippen molar-refractivity contribution in [3.8, 4) is 11.5 Å². The molecule has 142 valence electrons. The van der Waals surface area contributed by atoms with Gasteiger partial charge in [0.1, 0.15) is 6.04 Å². The lowest BCUT2D eigenvalue weighted by atomic mass is 10.0. The molecule has 27 heavy (non-hydrogen) atoms. The quantitative estimate of drug-likeness (QED) is 0.874. The van der Waals surface area contributed by atoms with E-state index in [1.807, 2.05) is 18.2 Å². The number of hydrogen-bond donors (Lipinski definition) is 1. The molecule has 2 aromatic rings. The number of carbonyl (C=O) groups excluding carboxylic acids is 2. The van der Waals surface area contributed by atoms with Gasteiger partial charge in [-0.3, -0.25) is 9.59 Å². The van der Waals surface area contributed by atoms with Crippen molar-refractivity contribution in [3.63, 3.8) is 0 Å². The van der Waals surface area contributed by atoms with Crippen molar-refractivity contribution in [2.75, 3.05) is 27.3 Å². The Morgan fingerprint density at radius 1 is 1.11 bits per heavy atom. The SMILES string of the molecule is CN(C)C(=O)[C@H](NC(=O)c1cc(Cl)c2c(c1)OCCCO2)c1ccccc1. The van der Waals surface area contributed by atoms with E-state index in [1.165, 1.54) is 11.0 Å². The number of benzene rings is 2. The maximum Gasteiger partial charge on any atom is 0.252 e. The van der Waals surface area contributed by atoms with Crippen LogP contribution < -0.4 is 14.8 Å². The van der Waals surface area contributed by atoms with E-state index in [9.17, 15) is 9.59 Å². The fourth-order valence-corrected chi connectivity index (χ4v) is 3.03. The van der Waals surface area contributed by atoms with Crippen LogP contribution in [0.15, 0.2) is 42.5 Å². The molecular weight excluding hydrogens is 368 g/mol. The van der Waals surface area contributed by atoms with E-state index in [-0.39, 0.29) is 5.91 Å². The van der Waals surface area contributed by atoms with Crippen LogP contribution in [0.5, 0.6) is 11.5 Å². The Labute approximate surface area is 163 Å². The minimum absolute atomic E-state index is 0.227. The van der Waals surface area contributed by atoms with Crippen molar-refractivity contribution in [3.05, 3.63) is 58.6 Å². The van der Waals surface area contributed by atoms with Gasteiger partial charge in [0, 0.05) is 26.1 Å². The highest BCUT2D eigenvalue weighted by Crippen LogP contribution is 2.38. The van der Waals surface area contributed by atoms with Crippen LogP contribution in [0.4, 0.5) is 0 Å². The van der Waals surface area contributed by atoms with Crippen LogP contribution in [0.25, 0.3) is 0 Å². The number of likely N-dealkylation sites (N-methyl/N-ethyl adjacent to an activating group) is 1. The largest absolute Gasteiger partial charge is 0.489 e. The summed E-state index contributed by atoms with van der Waals surface area (Å²) < 4.78 is 11.2. The Balaban J connectivity index is 1.89. The van der Waals surface area contributed by atoms with Crippen LogP contribution in [0.1, 0.15) is 28.4 Å². The van der Waals surface area contributed by atoms with E-state index in [1.54, 1.807) is 32.3 Å². The van der Waals surface area contributed by atoms with Gasteiger partial charge in [-0.15, -0.1) is 0 Å². The van der Waals surface area contributed by atoms with Crippen molar-refractivity contribution in [1.29, 1.82) is 0 Å². The third-order valence-corrected chi connectivity index (χ3v) is 4.44. The third kappa shape index (κ3) is 4.34. The van der Waals surface area contributed by atoms with Gasteiger partial charge in [0.25, 0.3) is 5.91 Å². The lowest BCUT2D eigenvalue weighted by Gasteiger charge is -2.22. The molecule has 0 aromatic heterocycles. The number of nitrogens with zero attached hydrogens (tertiary/aromatic N) is 1.